The molecule has 1 aromatic rings. The Labute approximate surface area is 120 Å². The molecule has 110 valence electrons. The molecule has 2 rings (SSSR count). The van der Waals surface area contributed by atoms with E-state index < -0.39 is 0 Å². The van der Waals surface area contributed by atoms with Gasteiger partial charge in [0.05, 0.1) is 18.6 Å². The van der Waals surface area contributed by atoms with Gasteiger partial charge in [0.2, 0.25) is 5.91 Å². The highest BCUT2D eigenvalue weighted by molar-refractivity contribution is 5.78. The fraction of sp³-hybridized carbons (Fsp3) is 0.533. The van der Waals surface area contributed by atoms with Crippen LogP contribution < -0.4 is 11.3 Å². The smallest absolute Gasteiger partial charge is 0.238 e. The quantitative estimate of drug-likeness (QED) is 0.486. The molecule has 0 bridgehead atoms. The van der Waals surface area contributed by atoms with E-state index in [0.29, 0.717) is 6.42 Å². The van der Waals surface area contributed by atoms with Gasteiger partial charge in [-0.3, -0.25) is 15.1 Å². The molecule has 1 aromatic carbocycles. The Morgan fingerprint density at radius 3 is 2.50 bits per heavy atom. The molecule has 1 aliphatic rings. The maximum absolute atomic E-state index is 11.5. The molecule has 20 heavy (non-hydrogen) atoms. The van der Waals surface area contributed by atoms with E-state index in [1.54, 1.807) is 0 Å². The Balaban J connectivity index is 2.06. The molecule has 0 aliphatic carbocycles. The van der Waals surface area contributed by atoms with Crippen LogP contribution in [-0.4, -0.2) is 36.1 Å². The summed E-state index contributed by atoms with van der Waals surface area (Å²) in [5.41, 5.74) is 4.39. The van der Waals surface area contributed by atoms with Gasteiger partial charge in [0.1, 0.15) is 0 Å². The van der Waals surface area contributed by atoms with E-state index in [-0.39, 0.29) is 18.1 Å². The number of carbonyl (C=O) groups excluding carboxylic acids is 1. The topological polar surface area (TPSA) is 67.6 Å². The van der Waals surface area contributed by atoms with Gasteiger partial charge < -0.3 is 4.74 Å². The Bertz CT molecular complexity index is 454. The number of benzene rings is 1. The number of nitrogens with one attached hydrogen (secondary N) is 1. The summed E-state index contributed by atoms with van der Waals surface area (Å²) in [6.07, 6.45) is 0.818. The second-order valence-corrected chi connectivity index (χ2v) is 5.46. The zero-order valence-corrected chi connectivity index (χ0v) is 12.1. The number of amides is 1. The van der Waals surface area contributed by atoms with E-state index in [0.717, 1.165) is 25.2 Å². The van der Waals surface area contributed by atoms with Crippen LogP contribution in [0.2, 0.25) is 0 Å². The van der Waals surface area contributed by atoms with Gasteiger partial charge in [0, 0.05) is 19.6 Å². The summed E-state index contributed by atoms with van der Waals surface area (Å²) in [6.45, 7) is 6.86. The fourth-order valence-electron chi connectivity index (χ4n) is 2.76. The fourth-order valence-corrected chi connectivity index (χ4v) is 2.76. The van der Waals surface area contributed by atoms with Gasteiger partial charge >= 0.3 is 0 Å². The number of nitrogens with two attached hydrogens (primary N) is 1. The molecule has 1 aliphatic heterocycles. The third kappa shape index (κ3) is 4.03. The highest BCUT2D eigenvalue weighted by atomic mass is 16.5. The molecule has 1 heterocycles. The second-order valence-electron chi connectivity index (χ2n) is 5.46. The first-order chi connectivity index (χ1) is 9.58. The highest BCUT2D eigenvalue weighted by Crippen LogP contribution is 2.17. The molecule has 0 radical (unpaired) electrons. The summed E-state index contributed by atoms with van der Waals surface area (Å²) in [5, 5.41) is 0. The minimum Gasteiger partial charge on any atom is -0.373 e. The average molecular weight is 277 g/mol. The Morgan fingerprint density at radius 1 is 1.30 bits per heavy atom. The molecular weight excluding hydrogens is 254 g/mol. The van der Waals surface area contributed by atoms with Crippen molar-refractivity contribution in [2.75, 3.05) is 13.1 Å². The average Bonchev–Trinajstić information content (AvgIpc) is 2.39. The molecule has 5 heteroatoms. The highest BCUT2D eigenvalue weighted by Gasteiger charge is 2.22. The van der Waals surface area contributed by atoms with Crippen LogP contribution in [0, 0.1) is 0 Å². The van der Waals surface area contributed by atoms with E-state index in [1.807, 2.05) is 18.2 Å². The third-order valence-corrected chi connectivity index (χ3v) is 3.52. The first-order valence-corrected chi connectivity index (χ1v) is 7.02. The number of morpholine rings is 1. The minimum absolute atomic E-state index is 0.166. The zero-order valence-electron chi connectivity index (χ0n) is 12.1. The van der Waals surface area contributed by atoms with Crippen LogP contribution in [0.4, 0.5) is 0 Å². The van der Waals surface area contributed by atoms with E-state index >= 15 is 0 Å². The molecule has 0 spiro atoms. The lowest BCUT2D eigenvalue weighted by Crippen LogP contribution is -2.45. The number of hydrogen-bond acceptors (Lipinski definition) is 4. The van der Waals surface area contributed by atoms with E-state index in [1.165, 1.54) is 5.56 Å². The van der Waals surface area contributed by atoms with Gasteiger partial charge in [0.25, 0.3) is 0 Å². The summed E-state index contributed by atoms with van der Waals surface area (Å²) in [4.78, 5) is 13.8. The molecule has 0 aromatic heterocycles. The summed E-state index contributed by atoms with van der Waals surface area (Å²) in [5.74, 6) is 5.00. The van der Waals surface area contributed by atoms with Crippen LogP contribution in [0.25, 0.3) is 0 Å². The Kier molecular flexibility index (Phi) is 5.11. The number of carbonyl (C=O) groups is 1. The predicted molar refractivity (Wildman–Crippen MR) is 77.8 cm³/mol. The lowest BCUT2D eigenvalue weighted by atomic mass is 10.0. The monoisotopic (exact) mass is 277 g/mol. The largest absolute Gasteiger partial charge is 0.373 e. The lowest BCUT2D eigenvalue weighted by Gasteiger charge is -2.35. The van der Waals surface area contributed by atoms with Gasteiger partial charge in [-0.15, -0.1) is 0 Å². The number of ether oxygens (including phenoxy) is 1. The first kappa shape index (κ1) is 15.0. The van der Waals surface area contributed by atoms with E-state index in [9.17, 15) is 4.79 Å². The molecule has 1 fully saturated rings. The summed E-state index contributed by atoms with van der Waals surface area (Å²) >= 11 is 0. The van der Waals surface area contributed by atoms with Crippen molar-refractivity contribution < 1.29 is 9.53 Å². The predicted octanol–water partition coefficient (Wildman–Crippen LogP) is 0.828. The molecule has 2 atom stereocenters. The Morgan fingerprint density at radius 2 is 1.90 bits per heavy atom. The summed E-state index contributed by atoms with van der Waals surface area (Å²) in [6, 6.07) is 8.02. The van der Waals surface area contributed by atoms with Crippen molar-refractivity contribution in [3.05, 3.63) is 35.4 Å². The molecule has 2 unspecified atom stereocenters. The van der Waals surface area contributed by atoms with Crippen molar-refractivity contribution in [1.29, 1.82) is 0 Å². The number of nitrogens with zero attached hydrogens (tertiary/aromatic N) is 1. The molecule has 5 nitrogen and oxygen atoms in total. The van der Waals surface area contributed by atoms with Crippen LogP contribution in [-0.2, 0) is 22.5 Å². The van der Waals surface area contributed by atoms with Crippen LogP contribution >= 0.6 is 0 Å². The van der Waals surface area contributed by atoms with Crippen molar-refractivity contribution in [3.63, 3.8) is 0 Å². The standard InChI is InChI=1S/C15H23N3O2/c1-11-8-18(9-12(2)20-11)10-14-6-4-3-5-13(14)7-15(19)17-16/h3-6,11-12H,7-10,16H2,1-2H3,(H,17,19). The summed E-state index contributed by atoms with van der Waals surface area (Å²) < 4.78 is 5.74. The second kappa shape index (κ2) is 6.83. The van der Waals surface area contributed by atoms with Crippen molar-refractivity contribution in [1.82, 2.24) is 10.3 Å². The molecule has 3 N–H and O–H groups in total. The normalized spacial score (nSPS) is 23.6. The van der Waals surface area contributed by atoms with Crippen LogP contribution in [0.1, 0.15) is 25.0 Å². The first-order valence-electron chi connectivity index (χ1n) is 7.02. The maximum Gasteiger partial charge on any atom is 0.238 e. The number of rotatable bonds is 4. The zero-order chi connectivity index (χ0) is 14.5. The van der Waals surface area contributed by atoms with Crippen molar-refractivity contribution in [2.24, 2.45) is 5.84 Å². The van der Waals surface area contributed by atoms with Gasteiger partial charge in [-0.05, 0) is 25.0 Å². The van der Waals surface area contributed by atoms with Gasteiger partial charge in [-0.2, -0.15) is 0 Å². The van der Waals surface area contributed by atoms with Gasteiger partial charge in [-0.25, -0.2) is 5.84 Å². The number of hydrazine groups is 1. The van der Waals surface area contributed by atoms with Gasteiger partial charge in [0.15, 0.2) is 0 Å². The van der Waals surface area contributed by atoms with Crippen molar-refractivity contribution in [3.8, 4) is 0 Å². The summed E-state index contributed by atoms with van der Waals surface area (Å²) in [7, 11) is 0. The molecule has 1 saturated heterocycles. The van der Waals surface area contributed by atoms with Crippen LogP contribution in [0.5, 0.6) is 0 Å². The lowest BCUT2D eigenvalue weighted by molar-refractivity contribution is -0.120. The Hall–Kier alpha value is -1.43. The van der Waals surface area contributed by atoms with Gasteiger partial charge in [-0.1, -0.05) is 24.3 Å². The number of hydrogen-bond donors (Lipinski definition) is 2. The van der Waals surface area contributed by atoms with Crippen LogP contribution in [0.3, 0.4) is 0 Å². The maximum atomic E-state index is 11.5. The molecular formula is C15H23N3O2. The SMILES string of the molecule is CC1CN(Cc2ccccc2CC(=O)NN)CC(C)O1. The van der Waals surface area contributed by atoms with Crippen molar-refractivity contribution >= 4 is 5.91 Å². The third-order valence-electron chi connectivity index (χ3n) is 3.52. The minimum atomic E-state index is -0.166. The molecule has 0 saturated carbocycles. The van der Waals surface area contributed by atoms with Crippen LogP contribution in [0.15, 0.2) is 24.3 Å². The van der Waals surface area contributed by atoms with E-state index in [2.05, 4.69) is 30.2 Å². The van der Waals surface area contributed by atoms with E-state index in [4.69, 9.17) is 10.6 Å². The van der Waals surface area contributed by atoms with Crippen molar-refractivity contribution in [2.45, 2.75) is 39.0 Å². The molecule has 1 amide bonds.